The van der Waals surface area contributed by atoms with Crippen molar-refractivity contribution in [3.8, 4) is 17.0 Å². The molecule has 7 heteroatoms. The number of carbonyl (C=O) groups excluding carboxylic acids is 1. The van der Waals surface area contributed by atoms with E-state index in [1.807, 2.05) is 18.2 Å². The number of aromatic nitrogens is 3. The summed E-state index contributed by atoms with van der Waals surface area (Å²) in [5.74, 6) is 0.242. The van der Waals surface area contributed by atoms with Crippen LogP contribution in [0, 0.1) is 0 Å². The van der Waals surface area contributed by atoms with Crippen LogP contribution >= 0.6 is 11.6 Å². The van der Waals surface area contributed by atoms with Crippen LogP contribution < -0.4 is 10.1 Å². The summed E-state index contributed by atoms with van der Waals surface area (Å²) in [4.78, 5) is 16.8. The first kappa shape index (κ1) is 19.5. The number of halogens is 1. The molecule has 0 unspecified atom stereocenters. The molecule has 29 heavy (non-hydrogen) atoms. The molecule has 1 amide bonds. The molecule has 0 saturated heterocycles. The minimum Gasteiger partial charge on any atom is -0.496 e. The fourth-order valence-electron chi connectivity index (χ4n) is 3.82. The van der Waals surface area contributed by atoms with Gasteiger partial charge in [-0.2, -0.15) is 5.10 Å². The molecule has 150 valence electrons. The second-order valence-electron chi connectivity index (χ2n) is 7.17. The van der Waals surface area contributed by atoms with Gasteiger partial charge >= 0.3 is 0 Å². The van der Waals surface area contributed by atoms with Crippen LogP contribution in [0.25, 0.3) is 11.3 Å². The topological polar surface area (TPSA) is 69.0 Å². The van der Waals surface area contributed by atoms with Crippen LogP contribution in [0.5, 0.6) is 5.75 Å². The first-order chi connectivity index (χ1) is 14.2. The molecule has 0 spiro atoms. The molecule has 0 aliphatic heterocycles. The first-order valence-electron chi connectivity index (χ1n) is 9.76. The molecule has 1 aromatic carbocycles. The lowest BCUT2D eigenvalue weighted by Gasteiger charge is -2.14. The quantitative estimate of drug-likeness (QED) is 0.642. The van der Waals surface area contributed by atoms with Crippen molar-refractivity contribution < 1.29 is 9.53 Å². The highest BCUT2D eigenvalue weighted by Gasteiger charge is 2.22. The minimum atomic E-state index is -0.245. The Balaban J connectivity index is 1.56. The number of nitrogens with one attached hydrogen (secondary N) is 1. The average molecular weight is 411 g/mol. The third-order valence-electron chi connectivity index (χ3n) is 5.27. The number of hydrogen-bond donors (Lipinski definition) is 1. The zero-order valence-corrected chi connectivity index (χ0v) is 17.0. The Kier molecular flexibility index (Phi) is 5.81. The van der Waals surface area contributed by atoms with E-state index in [1.165, 1.54) is 20.0 Å². The van der Waals surface area contributed by atoms with Gasteiger partial charge in [-0.3, -0.25) is 14.5 Å². The fraction of sp³-hybridized carbons (Fsp3) is 0.318. The van der Waals surface area contributed by atoms with Crippen LogP contribution in [0.2, 0.25) is 5.02 Å². The number of carbonyl (C=O) groups is 1. The van der Waals surface area contributed by atoms with E-state index in [1.54, 1.807) is 30.6 Å². The van der Waals surface area contributed by atoms with Gasteiger partial charge in [0, 0.05) is 23.0 Å². The summed E-state index contributed by atoms with van der Waals surface area (Å²) < 4.78 is 7.39. The van der Waals surface area contributed by atoms with Crippen molar-refractivity contribution in [2.24, 2.45) is 0 Å². The molecule has 0 radical (unpaired) electrons. The number of ether oxygens (including phenoxy) is 1. The molecule has 1 fully saturated rings. The summed E-state index contributed by atoms with van der Waals surface area (Å²) in [5, 5.41) is 8.24. The van der Waals surface area contributed by atoms with Crippen molar-refractivity contribution >= 4 is 17.5 Å². The number of pyridine rings is 1. The minimum absolute atomic E-state index is 0.245. The van der Waals surface area contributed by atoms with Gasteiger partial charge in [-0.05, 0) is 49.2 Å². The molecular weight excluding hydrogens is 388 g/mol. The van der Waals surface area contributed by atoms with Gasteiger partial charge in [-0.15, -0.1) is 0 Å². The third kappa shape index (κ3) is 4.27. The first-order valence-corrected chi connectivity index (χ1v) is 10.1. The molecule has 1 aliphatic carbocycles. The molecule has 1 saturated carbocycles. The van der Waals surface area contributed by atoms with Crippen LogP contribution in [0.15, 0.2) is 48.8 Å². The number of methoxy groups -OCH3 is 1. The van der Waals surface area contributed by atoms with E-state index in [0.717, 1.165) is 29.8 Å². The molecular formula is C22H23ClN4O2. The van der Waals surface area contributed by atoms with Crippen molar-refractivity contribution in [2.75, 3.05) is 7.11 Å². The predicted molar refractivity (Wildman–Crippen MR) is 112 cm³/mol. The van der Waals surface area contributed by atoms with Crippen molar-refractivity contribution in [3.05, 3.63) is 65.1 Å². The second-order valence-corrected chi connectivity index (χ2v) is 7.60. The largest absolute Gasteiger partial charge is 0.496 e. The van der Waals surface area contributed by atoms with E-state index in [4.69, 9.17) is 21.4 Å². The molecule has 1 N–H and O–H groups in total. The predicted octanol–water partition coefficient (Wildman–Crippen LogP) is 4.65. The van der Waals surface area contributed by atoms with E-state index >= 15 is 0 Å². The van der Waals surface area contributed by atoms with Gasteiger partial charge < -0.3 is 10.1 Å². The molecule has 2 heterocycles. The summed E-state index contributed by atoms with van der Waals surface area (Å²) >= 11 is 6.04. The summed E-state index contributed by atoms with van der Waals surface area (Å²) in [6.45, 7) is 0.326. The molecule has 1 aliphatic rings. The lowest BCUT2D eigenvalue weighted by Crippen LogP contribution is -2.23. The van der Waals surface area contributed by atoms with Gasteiger partial charge in [0.05, 0.1) is 36.6 Å². The van der Waals surface area contributed by atoms with Crippen LogP contribution in [0.3, 0.4) is 0 Å². The van der Waals surface area contributed by atoms with Crippen LogP contribution in [-0.4, -0.2) is 27.8 Å². The average Bonchev–Trinajstić information content (AvgIpc) is 3.42. The molecule has 3 aromatic rings. The van der Waals surface area contributed by atoms with Crippen molar-refractivity contribution in [1.82, 2.24) is 20.1 Å². The number of benzene rings is 1. The van der Waals surface area contributed by atoms with Gasteiger partial charge in [0.15, 0.2) is 0 Å². The summed E-state index contributed by atoms with van der Waals surface area (Å²) in [6, 6.07) is 11.4. The van der Waals surface area contributed by atoms with E-state index < -0.39 is 0 Å². The number of hydrogen-bond acceptors (Lipinski definition) is 4. The highest BCUT2D eigenvalue weighted by atomic mass is 35.5. The maximum atomic E-state index is 12.7. The Labute approximate surface area is 174 Å². The Morgan fingerprint density at radius 3 is 2.69 bits per heavy atom. The van der Waals surface area contributed by atoms with E-state index in [0.29, 0.717) is 28.9 Å². The lowest BCUT2D eigenvalue weighted by atomic mass is 10.1. The zero-order valence-electron chi connectivity index (χ0n) is 16.3. The molecule has 2 aromatic heterocycles. The Morgan fingerprint density at radius 1 is 1.21 bits per heavy atom. The number of nitrogens with zero attached hydrogens (tertiary/aromatic N) is 3. The van der Waals surface area contributed by atoms with Crippen LogP contribution in [0.1, 0.15) is 47.8 Å². The van der Waals surface area contributed by atoms with Crippen LogP contribution in [-0.2, 0) is 6.54 Å². The molecule has 6 nitrogen and oxygen atoms in total. The van der Waals surface area contributed by atoms with Crippen molar-refractivity contribution in [2.45, 2.75) is 38.3 Å². The van der Waals surface area contributed by atoms with E-state index in [2.05, 4.69) is 15.0 Å². The fourth-order valence-corrected chi connectivity index (χ4v) is 3.99. The summed E-state index contributed by atoms with van der Waals surface area (Å²) in [6.07, 6.45) is 8.28. The van der Waals surface area contributed by atoms with Crippen molar-refractivity contribution in [1.29, 1.82) is 0 Å². The Morgan fingerprint density at radius 2 is 1.97 bits per heavy atom. The van der Waals surface area contributed by atoms with Crippen LogP contribution in [0.4, 0.5) is 0 Å². The SMILES string of the molecule is COc1ccc(Cl)cc1C(=O)NCc1cc(-c2ccncc2)n(C2CCCC2)n1. The lowest BCUT2D eigenvalue weighted by molar-refractivity contribution is 0.0947. The maximum Gasteiger partial charge on any atom is 0.255 e. The third-order valence-corrected chi connectivity index (χ3v) is 5.50. The smallest absolute Gasteiger partial charge is 0.255 e. The number of amides is 1. The van der Waals surface area contributed by atoms with E-state index in [9.17, 15) is 4.79 Å². The van der Waals surface area contributed by atoms with Gasteiger partial charge in [-0.25, -0.2) is 0 Å². The molecule has 4 rings (SSSR count). The summed E-state index contributed by atoms with van der Waals surface area (Å²) in [7, 11) is 1.53. The number of rotatable bonds is 6. The Hall–Kier alpha value is -2.86. The molecule has 0 bridgehead atoms. The van der Waals surface area contributed by atoms with Gasteiger partial charge in [-0.1, -0.05) is 24.4 Å². The van der Waals surface area contributed by atoms with Gasteiger partial charge in [0.25, 0.3) is 5.91 Å². The van der Waals surface area contributed by atoms with Gasteiger partial charge in [0.2, 0.25) is 0 Å². The Bertz CT molecular complexity index is 997. The van der Waals surface area contributed by atoms with Crippen molar-refractivity contribution in [3.63, 3.8) is 0 Å². The van der Waals surface area contributed by atoms with Gasteiger partial charge in [0.1, 0.15) is 5.75 Å². The molecule has 0 atom stereocenters. The second kappa shape index (κ2) is 8.66. The normalized spacial score (nSPS) is 14.1. The summed E-state index contributed by atoms with van der Waals surface area (Å²) in [5.41, 5.74) is 3.36. The zero-order chi connectivity index (χ0) is 20.2. The van der Waals surface area contributed by atoms with E-state index in [-0.39, 0.29) is 5.91 Å². The standard InChI is InChI=1S/C22H23ClN4O2/c1-29-21-7-6-16(23)12-19(21)22(28)25-14-17-13-20(15-8-10-24-11-9-15)27(26-17)18-4-2-3-5-18/h6-13,18H,2-5,14H2,1H3,(H,25,28). The maximum absolute atomic E-state index is 12.7. The highest BCUT2D eigenvalue weighted by Crippen LogP contribution is 2.33. The monoisotopic (exact) mass is 410 g/mol. The highest BCUT2D eigenvalue weighted by molar-refractivity contribution is 6.31.